The topological polar surface area (TPSA) is 64.2 Å². The smallest absolute Gasteiger partial charge is 0.497 e. The molecule has 5 nitrogen and oxygen atoms in total. The first-order chi connectivity index (χ1) is 14.7. The third-order valence-electron chi connectivity index (χ3n) is 4.88. The van der Waals surface area contributed by atoms with Gasteiger partial charge in [-0.05, 0) is 55.5 Å². The van der Waals surface area contributed by atoms with Crippen molar-refractivity contribution in [1.82, 2.24) is 9.97 Å². The average molecular weight is 426 g/mol. The Labute approximate surface area is 175 Å². The van der Waals surface area contributed by atoms with Crippen molar-refractivity contribution in [3.63, 3.8) is 0 Å². The molecule has 31 heavy (non-hydrogen) atoms. The number of pyridine rings is 2. The second-order valence-electron chi connectivity index (χ2n) is 6.87. The van der Waals surface area contributed by atoms with E-state index in [-0.39, 0.29) is 11.2 Å². The second kappa shape index (κ2) is 7.79. The summed E-state index contributed by atoms with van der Waals surface area (Å²) in [5, 5.41) is 0.552. The Kier molecular flexibility index (Phi) is 5.14. The molecular formula is C23H17F3N2O3. The van der Waals surface area contributed by atoms with Gasteiger partial charge in [0.25, 0.3) is 0 Å². The molecule has 0 amide bonds. The molecule has 0 spiro atoms. The lowest BCUT2D eigenvalue weighted by Gasteiger charge is -2.11. The summed E-state index contributed by atoms with van der Waals surface area (Å²) in [5.41, 5.74) is 3.59. The van der Waals surface area contributed by atoms with Crippen LogP contribution < -0.4 is 14.9 Å². The van der Waals surface area contributed by atoms with Crippen LogP contribution in [0.1, 0.15) is 5.56 Å². The lowest BCUT2D eigenvalue weighted by Crippen LogP contribution is -2.16. The molecule has 2 aromatic carbocycles. The number of ether oxygens (including phenoxy) is 2. The molecule has 158 valence electrons. The first-order valence-corrected chi connectivity index (χ1v) is 9.28. The van der Waals surface area contributed by atoms with Gasteiger partial charge in [0.1, 0.15) is 11.5 Å². The van der Waals surface area contributed by atoms with E-state index < -0.39 is 6.36 Å². The molecule has 2 heterocycles. The normalized spacial score (nSPS) is 11.5. The standard InChI is InChI=1S/C23H17F3N2O3/c1-13-21(28-20-12-17(30-2)7-8-18(20)22(13)29)15-9-10-27-19(11-15)14-3-5-16(6-4-14)31-23(24,25)26/h3-12H,1-2H3,(H,28,29). The third kappa shape index (κ3) is 4.23. The van der Waals surface area contributed by atoms with E-state index in [2.05, 4.69) is 14.7 Å². The second-order valence-corrected chi connectivity index (χ2v) is 6.87. The van der Waals surface area contributed by atoms with E-state index in [1.54, 1.807) is 50.6 Å². The highest BCUT2D eigenvalue weighted by molar-refractivity contribution is 5.84. The molecule has 0 aliphatic rings. The molecule has 8 heteroatoms. The molecular weight excluding hydrogens is 409 g/mol. The van der Waals surface area contributed by atoms with Crippen molar-refractivity contribution in [3.8, 4) is 34.0 Å². The van der Waals surface area contributed by atoms with Crippen LogP contribution in [0.4, 0.5) is 13.2 Å². The maximum atomic E-state index is 12.8. The van der Waals surface area contributed by atoms with Gasteiger partial charge in [-0.3, -0.25) is 9.78 Å². The zero-order valence-corrected chi connectivity index (χ0v) is 16.6. The minimum absolute atomic E-state index is 0.0987. The van der Waals surface area contributed by atoms with E-state index >= 15 is 0 Å². The Morgan fingerprint density at radius 3 is 2.32 bits per heavy atom. The molecule has 0 saturated carbocycles. The maximum absolute atomic E-state index is 12.8. The molecule has 4 rings (SSSR count). The minimum atomic E-state index is -4.75. The Bertz CT molecular complexity index is 1310. The number of nitrogens with zero attached hydrogens (tertiary/aromatic N) is 1. The van der Waals surface area contributed by atoms with Gasteiger partial charge in [-0.25, -0.2) is 0 Å². The fourth-order valence-corrected chi connectivity index (χ4v) is 3.36. The number of alkyl halides is 3. The van der Waals surface area contributed by atoms with Crippen LogP contribution in [0.25, 0.3) is 33.4 Å². The molecule has 0 aliphatic carbocycles. The molecule has 4 aromatic rings. The van der Waals surface area contributed by atoms with Crippen LogP contribution in [0.3, 0.4) is 0 Å². The molecule has 0 bridgehead atoms. The first kappa shape index (κ1) is 20.5. The summed E-state index contributed by atoms with van der Waals surface area (Å²) in [4.78, 5) is 20.4. The quantitative estimate of drug-likeness (QED) is 0.470. The number of aromatic nitrogens is 2. The number of methoxy groups -OCH3 is 1. The number of hydrogen-bond acceptors (Lipinski definition) is 4. The average Bonchev–Trinajstić information content (AvgIpc) is 2.75. The predicted molar refractivity (Wildman–Crippen MR) is 111 cm³/mol. The zero-order valence-electron chi connectivity index (χ0n) is 16.6. The van der Waals surface area contributed by atoms with Gasteiger partial charge in [0.2, 0.25) is 0 Å². The Morgan fingerprint density at radius 1 is 0.935 bits per heavy atom. The van der Waals surface area contributed by atoms with Crippen molar-refractivity contribution < 1.29 is 22.6 Å². The summed E-state index contributed by atoms with van der Waals surface area (Å²) in [5.74, 6) is 0.311. The summed E-state index contributed by atoms with van der Waals surface area (Å²) in [6, 6.07) is 14.2. The van der Waals surface area contributed by atoms with Crippen LogP contribution in [0.15, 0.2) is 65.6 Å². The zero-order chi connectivity index (χ0) is 22.2. The predicted octanol–water partition coefficient (Wildman–Crippen LogP) is 5.47. The molecule has 0 radical (unpaired) electrons. The van der Waals surface area contributed by atoms with Crippen molar-refractivity contribution >= 4 is 10.9 Å². The Hall–Kier alpha value is -3.81. The van der Waals surface area contributed by atoms with E-state index in [9.17, 15) is 18.0 Å². The van der Waals surface area contributed by atoms with E-state index in [4.69, 9.17) is 4.74 Å². The monoisotopic (exact) mass is 426 g/mol. The lowest BCUT2D eigenvalue weighted by atomic mass is 10.0. The van der Waals surface area contributed by atoms with Crippen LogP contribution >= 0.6 is 0 Å². The molecule has 2 aromatic heterocycles. The van der Waals surface area contributed by atoms with Crippen molar-refractivity contribution in [2.75, 3.05) is 7.11 Å². The summed E-state index contributed by atoms with van der Waals surface area (Å²) in [7, 11) is 1.55. The highest BCUT2D eigenvalue weighted by Crippen LogP contribution is 2.29. The van der Waals surface area contributed by atoms with Crippen molar-refractivity contribution in [2.24, 2.45) is 0 Å². The number of nitrogens with one attached hydrogen (secondary N) is 1. The first-order valence-electron chi connectivity index (χ1n) is 9.28. The molecule has 0 saturated heterocycles. The number of rotatable bonds is 4. The van der Waals surface area contributed by atoms with Gasteiger partial charge in [-0.15, -0.1) is 13.2 Å². The number of fused-ring (bicyclic) bond motifs is 1. The highest BCUT2D eigenvalue weighted by atomic mass is 19.4. The van der Waals surface area contributed by atoms with E-state index in [0.29, 0.717) is 39.2 Å². The van der Waals surface area contributed by atoms with Gasteiger partial charge in [0.15, 0.2) is 5.43 Å². The highest BCUT2D eigenvalue weighted by Gasteiger charge is 2.31. The van der Waals surface area contributed by atoms with Crippen LogP contribution in [0.5, 0.6) is 11.5 Å². The number of hydrogen-bond donors (Lipinski definition) is 1. The Balaban J connectivity index is 1.75. The van der Waals surface area contributed by atoms with E-state index in [1.165, 1.54) is 24.3 Å². The minimum Gasteiger partial charge on any atom is -0.497 e. The van der Waals surface area contributed by atoms with Crippen molar-refractivity contribution in [2.45, 2.75) is 13.3 Å². The maximum Gasteiger partial charge on any atom is 0.573 e. The van der Waals surface area contributed by atoms with Gasteiger partial charge in [-0.2, -0.15) is 0 Å². The van der Waals surface area contributed by atoms with Crippen LogP contribution in [-0.2, 0) is 0 Å². The number of halogens is 3. The molecule has 0 aliphatic heterocycles. The van der Waals surface area contributed by atoms with Crippen molar-refractivity contribution in [3.05, 3.63) is 76.6 Å². The number of aromatic amines is 1. The van der Waals surface area contributed by atoms with Crippen LogP contribution in [0, 0.1) is 6.92 Å². The van der Waals surface area contributed by atoms with E-state index in [0.717, 1.165) is 5.56 Å². The largest absolute Gasteiger partial charge is 0.573 e. The Morgan fingerprint density at radius 2 is 1.65 bits per heavy atom. The third-order valence-corrected chi connectivity index (χ3v) is 4.88. The van der Waals surface area contributed by atoms with Gasteiger partial charge in [0, 0.05) is 34.3 Å². The molecule has 1 N–H and O–H groups in total. The SMILES string of the molecule is COc1ccc2c(=O)c(C)c(-c3ccnc(-c4ccc(OC(F)(F)F)cc4)c3)[nH]c2c1. The fraction of sp³-hybridized carbons (Fsp3) is 0.130. The van der Waals surface area contributed by atoms with Gasteiger partial charge >= 0.3 is 6.36 Å². The van der Waals surface area contributed by atoms with Gasteiger partial charge in [0.05, 0.1) is 24.0 Å². The fourth-order valence-electron chi connectivity index (χ4n) is 3.36. The van der Waals surface area contributed by atoms with Crippen molar-refractivity contribution in [1.29, 1.82) is 0 Å². The summed E-state index contributed by atoms with van der Waals surface area (Å²) in [6.07, 6.45) is -3.17. The summed E-state index contributed by atoms with van der Waals surface area (Å²) in [6.45, 7) is 1.74. The number of benzene rings is 2. The molecule has 0 unspecified atom stereocenters. The molecule has 0 atom stereocenters. The number of H-pyrrole nitrogens is 1. The van der Waals surface area contributed by atoms with Crippen LogP contribution in [0.2, 0.25) is 0 Å². The van der Waals surface area contributed by atoms with Gasteiger partial charge < -0.3 is 14.5 Å². The lowest BCUT2D eigenvalue weighted by molar-refractivity contribution is -0.274. The van der Waals surface area contributed by atoms with Crippen LogP contribution in [-0.4, -0.2) is 23.4 Å². The summed E-state index contributed by atoms with van der Waals surface area (Å²) >= 11 is 0. The molecule has 0 fully saturated rings. The van der Waals surface area contributed by atoms with Gasteiger partial charge in [-0.1, -0.05) is 0 Å². The van der Waals surface area contributed by atoms with E-state index in [1.807, 2.05) is 0 Å². The summed E-state index contributed by atoms with van der Waals surface area (Å²) < 4.78 is 46.2.